The first-order valence-corrected chi connectivity index (χ1v) is 9.32. The van der Waals surface area contributed by atoms with Crippen LogP contribution in [0.25, 0.3) is 0 Å². The highest BCUT2D eigenvalue weighted by atomic mass is 127. The van der Waals surface area contributed by atoms with Crippen molar-refractivity contribution in [2.75, 3.05) is 11.9 Å². The number of amides is 4. The number of hydrogen-bond acceptors (Lipinski definition) is 3. The van der Waals surface area contributed by atoms with E-state index in [1.165, 1.54) is 0 Å². The van der Waals surface area contributed by atoms with Crippen LogP contribution in [0.2, 0.25) is 0 Å². The number of urea groups is 1. The van der Waals surface area contributed by atoms with E-state index in [2.05, 4.69) is 33.2 Å². The number of nitrogens with zero attached hydrogens (tertiary/aromatic N) is 1. The molecule has 1 atom stereocenters. The number of hydrogen-bond donors (Lipinski definition) is 2. The van der Waals surface area contributed by atoms with Crippen molar-refractivity contribution in [3.8, 4) is 0 Å². The molecule has 3 rings (SSSR count). The predicted octanol–water partition coefficient (Wildman–Crippen LogP) is 2.78. The molecular weight excluding hydrogens is 445 g/mol. The number of carbonyl (C=O) groups is 3. The summed E-state index contributed by atoms with van der Waals surface area (Å²) in [5.74, 6) is -0.759. The first-order chi connectivity index (χ1) is 12.5. The van der Waals surface area contributed by atoms with Gasteiger partial charge in [0.05, 0.1) is 5.69 Å². The highest BCUT2D eigenvalue weighted by Gasteiger charge is 2.38. The fraction of sp³-hybridized carbons (Fsp3) is 0.211. The largest absolute Gasteiger partial charge is 0.326 e. The SMILES string of the molecule is O=C(CN1C(=O)N[C@@H](CCc2ccccc2)C1=O)Nc1ccccc1I. The van der Waals surface area contributed by atoms with Crippen molar-refractivity contribution in [1.29, 1.82) is 0 Å². The molecule has 0 aliphatic carbocycles. The van der Waals surface area contributed by atoms with Crippen LogP contribution in [0.15, 0.2) is 54.6 Å². The minimum Gasteiger partial charge on any atom is -0.326 e. The van der Waals surface area contributed by atoms with Gasteiger partial charge in [-0.25, -0.2) is 4.79 Å². The summed E-state index contributed by atoms with van der Waals surface area (Å²) in [4.78, 5) is 37.7. The molecule has 1 aliphatic rings. The van der Waals surface area contributed by atoms with E-state index in [-0.39, 0.29) is 12.5 Å². The van der Waals surface area contributed by atoms with Crippen LogP contribution < -0.4 is 10.6 Å². The van der Waals surface area contributed by atoms with E-state index in [0.29, 0.717) is 18.5 Å². The van der Waals surface area contributed by atoms with Gasteiger partial charge >= 0.3 is 6.03 Å². The zero-order valence-electron chi connectivity index (χ0n) is 13.9. The maximum absolute atomic E-state index is 12.5. The lowest BCUT2D eigenvalue weighted by Gasteiger charge is -2.13. The fourth-order valence-corrected chi connectivity index (χ4v) is 3.30. The number of imide groups is 1. The van der Waals surface area contributed by atoms with Crippen LogP contribution in [0.4, 0.5) is 10.5 Å². The summed E-state index contributed by atoms with van der Waals surface area (Å²) < 4.78 is 0.886. The molecule has 4 amide bonds. The third-order valence-electron chi connectivity index (χ3n) is 4.12. The monoisotopic (exact) mass is 463 g/mol. The lowest BCUT2D eigenvalue weighted by Crippen LogP contribution is -2.38. The van der Waals surface area contributed by atoms with Gasteiger partial charge in [0.2, 0.25) is 5.91 Å². The topological polar surface area (TPSA) is 78.5 Å². The van der Waals surface area contributed by atoms with Gasteiger partial charge in [0.25, 0.3) is 5.91 Å². The molecule has 6 nitrogen and oxygen atoms in total. The molecule has 134 valence electrons. The quantitative estimate of drug-likeness (QED) is 0.511. The van der Waals surface area contributed by atoms with E-state index in [9.17, 15) is 14.4 Å². The van der Waals surface area contributed by atoms with E-state index in [4.69, 9.17) is 0 Å². The van der Waals surface area contributed by atoms with Gasteiger partial charge in [-0.2, -0.15) is 0 Å². The second-order valence-corrected chi connectivity index (χ2v) is 7.14. The molecule has 0 bridgehead atoms. The van der Waals surface area contributed by atoms with Gasteiger partial charge in [0.15, 0.2) is 0 Å². The van der Waals surface area contributed by atoms with Gasteiger partial charge in [-0.05, 0) is 53.1 Å². The van der Waals surface area contributed by atoms with E-state index in [1.807, 2.05) is 48.5 Å². The van der Waals surface area contributed by atoms with E-state index >= 15 is 0 Å². The summed E-state index contributed by atoms with van der Waals surface area (Å²) >= 11 is 2.11. The molecule has 0 saturated carbocycles. The normalized spacial score (nSPS) is 16.5. The molecule has 1 fully saturated rings. The molecule has 2 aromatic rings. The van der Waals surface area contributed by atoms with Gasteiger partial charge in [-0.1, -0.05) is 42.5 Å². The van der Waals surface area contributed by atoms with Gasteiger partial charge in [-0.15, -0.1) is 0 Å². The first-order valence-electron chi connectivity index (χ1n) is 8.25. The van der Waals surface area contributed by atoms with E-state index in [0.717, 1.165) is 14.0 Å². The van der Waals surface area contributed by atoms with Crippen LogP contribution in [0.3, 0.4) is 0 Å². The van der Waals surface area contributed by atoms with E-state index in [1.54, 1.807) is 6.07 Å². The van der Waals surface area contributed by atoms with Crippen molar-refractivity contribution in [3.05, 3.63) is 63.7 Å². The first kappa shape index (κ1) is 18.4. The molecule has 7 heteroatoms. The van der Waals surface area contributed by atoms with Gasteiger partial charge < -0.3 is 10.6 Å². The van der Waals surface area contributed by atoms with Crippen molar-refractivity contribution >= 4 is 46.1 Å². The Labute approximate surface area is 165 Å². The highest BCUT2D eigenvalue weighted by molar-refractivity contribution is 14.1. The van der Waals surface area contributed by atoms with Crippen molar-refractivity contribution in [2.24, 2.45) is 0 Å². The third kappa shape index (κ3) is 4.40. The fourth-order valence-electron chi connectivity index (χ4n) is 2.77. The lowest BCUT2D eigenvalue weighted by molar-refractivity contribution is -0.130. The van der Waals surface area contributed by atoms with Gasteiger partial charge in [-0.3, -0.25) is 14.5 Å². The Morgan fingerprint density at radius 1 is 1.08 bits per heavy atom. The highest BCUT2D eigenvalue weighted by Crippen LogP contribution is 2.17. The van der Waals surface area contributed by atoms with Crippen molar-refractivity contribution in [3.63, 3.8) is 0 Å². The zero-order chi connectivity index (χ0) is 18.5. The van der Waals surface area contributed by atoms with Gasteiger partial charge in [0, 0.05) is 3.57 Å². The average Bonchev–Trinajstić information content (AvgIpc) is 2.90. The average molecular weight is 463 g/mol. The Balaban J connectivity index is 1.56. The summed E-state index contributed by atoms with van der Waals surface area (Å²) in [6.45, 7) is -0.294. The molecule has 2 aromatic carbocycles. The molecule has 1 saturated heterocycles. The second kappa shape index (κ2) is 8.31. The number of rotatable bonds is 6. The third-order valence-corrected chi connectivity index (χ3v) is 5.06. The second-order valence-electron chi connectivity index (χ2n) is 5.98. The van der Waals surface area contributed by atoms with Crippen LogP contribution in [-0.4, -0.2) is 35.3 Å². The minimum absolute atomic E-state index is 0.294. The van der Waals surface area contributed by atoms with Crippen LogP contribution in [-0.2, 0) is 16.0 Å². The number of carbonyl (C=O) groups excluding carboxylic acids is 3. The summed E-state index contributed by atoms with van der Waals surface area (Å²) in [5, 5.41) is 5.39. The molecule has 2 N–H and O–H groups in total. The smallest absolute Gasteiger partial charge is 0.325 e. The van der Waals surface area contributed by atoms with Crippen LogP contribution in [0.5, 0.6) is 0 Å². The molecule has 0 spiro atoms. The maximum Gasteiger partial charge on any atom is 0.325 e. The molecule has 0 unspecified atom stereocenters. The number of nitrogens with one attached hydrogen (secondary N) is 2. The summed E-state index contributed by atoms with van der Waals surface area (Å²) in [5.41, 5.74) is 1.76. The number of para-hydroxylation sites is 1. The van der Waals surface area contributed by atoms with Crippen LogP contribution in [0.1, 0.15) is 12.0 Å². The Morgan fingerprint density at radius 3 is 2.50 bits per heavy atom. The van der Waals surface area contributed by atoms with Crippen molar-refractivity contribution in [2.45, 2.75) is 18.9 Å². The maximum atomic E-state index is 12.5. The van der Waals surface area contributed by atoms with Crippen LogP contribution >= 0.6 is 22.6 Å². The molecule has 26 heavy (non-hydrogen) atoms. The Kier molecular flexibility index (Phi) is 5.87. The molecular formula is C19H18IN3O3. The minimum atomic E-state index is -0.590. The Bertz CT molecular complexity index is 826. The Morgan fingerprint density at radius 2 is 1.77 bits per heavy atom. The molecule has 1 heterocycles. The van der Waals surface area contributed by atoms with Gasteiger partial charge in [0.1, 0.15) is 12.6 Å². The van der Waals surface area contributed by atoms with Crippen molar-refractivity contribution < 1.29 is 14.4 Å². The predicted molar refractivity (Wildman–Crippen MR) is 107 cm³/mol. The molecule has 0 radical (unpaired) electrons. The summed E-state index contributed by atoms with van der Waals surface area (Å²) in [6.07, 6.45) is 1.18. The standard InChI is InChI=1S/C19H18IN3O3/c20-14-8-4-5-9-15(14)21-17(24)12-23-18(25)16(22-19(23)26)11-10-13-6-2-1-3-7-13/h1-9,16H,10-12H2,(H,21,24)(H,22,26)/t16-/m0/s1. The van der Waals surface area contributed by atoms with E-state index < -0.39 is 18.0 Å². The number of benzene rings is 2. The number of halogens is 1. The van der Waals surface area contributed by atoms with Crippen molar-refractivity contribution in [1.82, 2.24) is 10.2 Å². The van der Waals surface area contributed by atoms with Crippen LogP contribution in [0, 0.1) is 3.57 Å². The molecule has 0 aromatic heterocycles. The summed E-state index contributed by atoms with van der Waals surface area (Å²) in [6, 6.07) is 16.0. The number of aryl methyl sites for hydroxylation is 1. The number of anilines is 1. The zero-order valence-corrected chi connectivity index (χ0v) is 16.1. The molecule has 1 aliphatic heterocycles. The summed E-state index contributed by atoms with van der Waals surface area (Å²) in [7, 11) is 0. The lowest BCUT2D eigenvalue weighted by atomic mass is 10.1. The Hall–Kier alpha value is -2.42.